The van der Waals surface area contributed by atoms with Gasteiger partial charge in [-0.05, 0) is 53.7 Å². The molecule has 1 heterocycles. The normalized spacial score (nSPS) is 24.6. The third-order valence-corrected chi connectivity index (χ3v) is 7.26. The van der Waals surface area contributed by atoms with Crippen LogP contribution in [-0.4, -0.2) is 27.7 Å². The van der Waals surface area contributed by atoms with Gasteiger partial charge in [0.15, 0.2) is 0 Å². The van der Waals surface area contributed by atoms with Gasteiger partial charge in [0.05, 0.1) is 9.89 Å². The number of thiophene rings is 1. The molecule has 2 rings (SSSR count). The first-order chi connectivity index (χ1) is 8.44. The number of halogens is 1. The van der Waals surface area contributed by atoms with E-state index in [1.165, 1.54) is 11.3 Å². The molecule has 7 heteroatoms. The molecule has 1 aliphatic carbocycles. The van der Waals surface area contributed by atoms with Gasteiger partial charge in [-0.3, -0.25) is 0 Å². The predicted octanol–water partition coefficient (Wildman–Crippen LogP) is 2.66. The first-order valence-corrected chi connectivity index (χ1v) is 8.84. The van der Waals surface area contributed by atoms with Crippen molar-refractivity contribution in [3.8, 4) is 0 Å². The highest BCUT2D eigenvalue weighted by molar-refractivity contribution is 9.11. The highest BCUT2D eigenvalue weighted by atomic mass is 79.9. The number of rotatable bonds is 4. The molecule has 1 N–H and O–H groups in total. The fourth-order valence-corrected chi connectivity index (χ4v) is 5.71. The van der Waals surface area contributed by atoms with E-state index in [2.05, 4.69) is 20.7 Å². The largest absolute Gasteiger partial charge is 0.380 e. The Bertz CT molecular complexity index is 507. The molecule has 2 atom stereocenters. The van der Waals surface area contributed by atoms with Crippen LogP contribution in [0.3, 0.4) is 0 Å². The molecule has 0 spiro atoms. The molecule has 1 fully saturated rings. The van der Waals surface area contributed by atoms with Gasteiger partial charge in [0, 0.05) is 13.2 Å². The van der Waals surface area contributed by atoms with Crippen LogP contribution in [0.5, 0.6) is 0 Å². The number of hydrogen-bond acceptors (Lipinski definition) is 4. The molecule has 2 unspecified atom stereocenters. The van der Waals surface area contributed by atoms with Gasteiger partial charge in [-0.15, -0.1) is 11.3 Å². The number of ether oxygens (including phenoxy) is 1. The lowest BCUT2D eigenvalue weighted by Gasteiger charge is -2.18. The van der Waals surface area contributed by atoms with E-state index in [-0.39, 0.29) is 12.1 Å². The van der Waals surface area contributed by atoms with E-state index in [1.807, 2.05) is 6.92 Å². The highest BCUT2D eigenvalue weighted by Gasteiger charge is 2.32. The molecule has 1 saturated carbocycles. The van der Waals surface area contributed by atoms with Crippen LogP contribution in [-0.2, 0) is 14.8 Å². The number of nitrogens with one attached hydrogen (secondary N) is 1. The van der Waals surface area contributed by atoms with E-state index in [1.54, 1.807) is 13.2 Å². The van der Waals surface area contributed by atoms with E-state index in [4.69, 9.17) is 4.74 Å². The summed E-state index contributed by atoms with van der Waals surface area (Å²) in [6.07, 6.45) is 2.74. The second-order valence-corrected chi connectivity index (χ2v) is 8.77. The maximum atomic E-state index is 12.2. The minimum Gasteiger partial charge on any atom is -0.380 e. The maximum Gasteiger partial charge on any atom is 0.250 e. The average Bonchev–Trinajstić information content (AvgIpc) is 2.86. The van der Waals surface area contributed by atoms with Crippen molar-refractivity contribution in [1.29, 1.82) is 0 Å². The van der Waals surface area contributed by atoms with Crippen molar-refractivity contribution >= 4 is 37.3 Å². The monoisotopic (exact) mass is 353 g/mol. The summed E-state index contributed by atoms with van der Waals surface area (Å²) in [4.78, 5) is 0. The minimum atomic E-state index is -3.43. The van der Waals surface area contributed by atoms with E-state index in [0.717, 1.165) is 28.6 Å². The van der Waals surface area contributed by atoms with Crippen LogP contribution in [0.1, 0.15) is 24.8 Å². The smallest absolute Gasteiger partial charge is 0.250 e. The molecular weight excluding hydrogens is 338 g/mol. The summed E-state index contributed by atoms with van der Waals surface area (Å²) in [5, 5.41) is 0. The Morgan fingerprint density at radius 2 is 2.22 bits per heavy atom. The second kappa shape index (κ2) is 5.58. The topological polar surface area (TPSA) is 55.4 Å². The van der Waals surface area contributed by atoms with Gasteiger partial charge in [-0.1, -0.05) is 0 Å². The molecule has 0 aliphatic heterocycles. The van der Waals surface area contributed by atoms with Gasteiger partial charge in [0.1, 0.15) is 4.21 Å². The Kier molecular flexibility index (Phi) is 4.48. The zero-order valence-electron chi connectivity index (χ0n) is 10.3. The van der Waals surface area contributed by atoms with Crippen molar-refractivity contribution in [1.82, 2.24) is 4.72 Å². The quantitative estimate of drug-likeness (QED) is 0.905. The summed E-state index contributed by atoms with van der Waals surface area (Å²) in [7, 11) is -1.80. The summed E-state index contributed by atoms with van der Waals surface area (Å²) in [5.41, 5.74) is 0.940. The van der Waals surface area contributed by atoms with Crippen molar-refractivity contribution in [2.45, 2.75) is 42.5 Å². The lowest BCUT2D eigenvalue weighted by atomic mass is 10.2. The highest BCUT2D eigenvalue weighted by Crippen LogP contribution is 2.31. The average molecular weight is 354 g/mol. The van der Waals surface area contributed by atoms with Crippen LogP contribution < -0.4 is 4.72 Å². The van der Waals surface area contributed by atoms with Gasteiger partial charge < -0.3 is 4.74 Å². The molecule has 0 amide bonds. The van der Waals surface area contributed by atoms with Crippen LogP contribution >= 0.6 is 27.3 Å². The Balaban J connectivity index is 2.17. The molecule has 18 heavy (non-hydrogen) atoms. The lowest BCUT2D eigenvalue weighted by molar-refractivity contribution is 0.0916. The fourth-order valence-electron chi connectivity index (χ4n) is 2.16. The van der Waals surface area contributed by atoms with Crippen LogP contribution in [0, 0.1) is 6.92 Å². The summed E-state index contributed by atoms with van der Waals surface area (Å²) in [5.74, 6) is 0. The fraction of sp³-hybridized carbons (Fsp3) is 0.636. The Morgan fingerprint density at radius 3 is 2.78 bits per heavy atom. The molecule has 1 aromatic rings. The van der Waals surface area contributed by atoms with Crippen molar-refractivity contribution in [2.75, 3.05) is 7.11 Å². The maximum absolute atomic E-state index is 12.2. The summed E-state index contributed by atoms with van der Waals surface area (Å²) < 4.78 is 33.7. The standard InChI is InChI=1S/C11H16BrNO3S2/c1-7-6-10(17-11(7)12)18(14,15)13-8-4-3-5-9(8)16-2/h6,8-9,13H,3-5H2,1-2H3. The first-order valence-electron chi connectivity index (χ1n) is 5.75. The molecule has 1 aliphatic rings. The van der Waals surface area contributed by atoms with Gasteiger partial charge in [0.25, 0.3) is 0 Å². The predicted molar refractivity (Wildman–Crippen MR) is 75.5 cm³/mol. The third kappa shape index (κ3) is 2.96. The third-order valence-electron chi connectivity index (χ3n) is 3.16. The van der Waals surface area contributed by atoms with Crippen LogP contribution in [0.25, 0.3) is 0 Å². The number of methoxy groups -OCH3 is 1. The lowest BCUT2D eigenvalue weighted by Crippen LogP contribution is -2.40. The van der Waals surface area contributed by atoms with E-state index in [0.29, 0.717) is 4.21 Å². The van der Waals surface area contributed by atoms with Gasteiger partial charge in [-0.2, -0.15) is 0 Å². The Morgan fingerprint density at radius 1 is 1.50 bits per heavy atom. The van der Waals surface area contributed by atoms with Crippen molar-refractivity contribution in [3.05, 3.63) is 15.4 Å². The Labute approximate surface area is 120 Å². The van der Waals surface area contributed by atoms with E-state index in [9.17, 15) is 8.42 Å². The van der Waals surface area contributed by atoms with Crippen molar-refractivity contribution in [3.63, 3.8) is 0 Å². The van der Waals surface area contributed by atoms with Crippen LogP contribution in [0.2, 0.25) is 0 Å². The molecule has 4 nitrogen and oxygen atoms in total. The molecule has 0 saturated heterocycles. The SMILES string of the molecule is COC1CCCC1NS(=O)(=O)c1cc(C)c(Br)s1. The molecule has 0 radical (unpaired) electrons. The summed E-state index contributed by atoms with van der Waals surface area (Å²) in [6, 6.07) is 1.58. The number of hydrogen-bond donors (Lipinski definition) is 1. The molecule has 1 aromatic heterocycles. The van der Waals surface area contributed by atoms with Gasteiger partial charge in [-0.25, -0.2) is 13.1 Å². The number of aryl methyl sites for hydroxylation is 1. The van der Waals surface area contributed by atoms with Crippen LogP contribution in [0.15, 0.2) is 14.1 Å². The molecule has 0 aromatic carbocycles. The first kappa shape index (κ1) is 14.5. The molecule has 0 bridgehead atoms. The van der Waals surface area contributed by atoms with Gasteiger partial charge >= 0.3 is 0 Å². The van der Waals surface area contributed by atoms with Gasteiger partial charge in [0.2, 0.25) is 10.0 Å². The summed E-state index contributed by atoms with van der Waals surface area (Å²) in [6.45, 7) is 1.88. The van der Waals surface area contributed by atoms with Crippen molar-refractivity contribution in [2.24, 2.45) is 0 Å². The van der Waals surface area contributed by atoms with E-state index >= 15 is 0 Å². The molecule has 102 valence electrons. The van der Waals surface area contributed by atoms with Crippen molar-refractivity contribution < 1.29 is 13.2 Å². The van der Waals surface area contributed by atoms with E-state index < -0.39 is 10.0 Å². The zero-order chi connectivity index (χ0) is 13.3. The molecular formula is C11H16BrNO3S2. The zero-order valence-corrected chi connectivity index (χ0v) is 13.5. The number of sulfonamides is 1. The minimum absolute atomic E-state index is 0.00993. The van der Waals surface area contributed by atoms with Crippen LogP contribution in [0.4, 0.5) is 0 Å². The summed E-state index contributed by atoms with van der Waals surface area (Å²) >= 11 is 4.59. The second-order valence-electron chi connectivity index (χ2n) is 4.45. The Hall–Kier alpha value is 0.0500.